The molecule has 4 fully saturated rings. The number of aromatic nitrogens is 4. The highest BCUT2D eigenvalue weighted by molar-refractivity contribution is 6.35. The number of hydrogen-bond donors (Lipinski definition) is 3. The van der Waals surface area contributed by atoms with Crippen LogP contribution < -0.4 is 25.8 Å². The maximum atomic E-state index is 16.3. The van der Waals surface area contributed by atoms with Gasteiger partial charge in [0.25, 0.3) is 17.7 Å². The number of anilines is 4. The lowest BCUT2D eigenvalue weighted by Gasteiger charge is -2.59. The number of hydrogen-bond acceptors (Lipinski definition) is 11. The minimum atomic E-state index is -3.22. The molecular formula is C47H49ClF3N11O5. The lowest BCUT2D eigenvalue weighted by molar-refractivity contribution is -0.225. The number of imide groups is 1. The Balaban J connectivity index is 0.820. The zero-order valence-corrected chi connectivity index (χ0v) is 38.1. The molecule has 10 rings (SSSR count). The van der Waals surface area contributed by atoms with Gasteiger partial charge in [0.1, 0.15) is 11.5 Å². The zero-order chi connectivity index (χ0) is 47.1. The van der Waals surface area contributed by atoms with Crippen molar-refractivity contribution in [2.24, 2.45) is 5.41 Å². The Kier molecular flexibility index (Phi) is 11.2. The van der Waals surface area contributed by atoms with Crippen molar-refractivity contribution >= 4 is 63.9 Å². The van der Waals surface area contributed by atoms with E-state index in [9.17, 15) is 19.2 Å². The predicted molar refractivity (Wildman–Crippen MR) is 244 cm³/mol. The highest BCUT2D eigenvalue weighted by Crippen LogP contribution is 2.52. The monoisotopic (exact) mass is 939 g/mol. The zero-order valence-electron chi connectivity index (χ0n) is 37.3. The van der Waals surface area contributed by atoms with Crippen LogP contribution in [0.25, 0.3) is 16.9 Å². The molecule has 3 saturated heterocycles. The van der Waals surface area contributed by atoms with Crippen molar-refractivity contribution in [1.29, 1.82) is 0 Å². The summed E-state index contributed by atoms with van der Waals surface area (Å²) in [6.45, 7) is 3.52. The van der Waals surface area contributed by atoms with E-state index in [1.807, 2.05) is 41.0 Å². The van der Waals surface area contributed by atoms with Gasteiger partial charge in [0.05, 0.1) is 46.7 Å². The van der Waals surface area contributed by atoms with Gasteiger partial charge < -0.3 is 25.2 Å². The Labute approximate surface area is 388 Å². The number of imidazole rings is 1. The van der Waals surface area contributed by atoms with Crippen molar-refractivity contribution in [2.45, 2.75) is 70.1 Å². The van der Waals surface area contributed by atoms with Crippen LogP contribution in [0.15, 0.2) is 54.9 Å². The number of nitrogens with zero attached hydrogens (tertiary/aromatic N) is 8. The summed E-state index contributed by atoms with van der Waals surface area (Å²) in [7, 11) is 3.41. The van der Waals surface area contributed by atoms with Gasteiger partial charge in [-0.1, -0.05) is 23.7 Å². The third kappa shape index (κ3) is 7.51. The molecule has 0 radical (unpaired) electrons. The quantitative estimate of drug-likeness (QED) is 0.139. The summed E-state index contributed by atoms with van der Waals surface area (Å²) in [6, 6.07) is 10.7. The third-order valence-electron chi connectivity index (χ3n) is 14.4. The number of piperidine rings is 1. The summed E-state index contributed by atoms with van der Waals surface area (Å²) in [5, 5.41) is 13.5. The maximum absolute atomic E-state index is 16.3. The van der Waals surface area contributed by atoms with Crippen LogP contribution >= 0.6 is 11.6 Å². The number of carbonyl (C=O) groups is 4. The first-order valence-electron chi connectivity index (χ1n) is 22.4. The average molecular weight is 940 g/mol. The number of rotatable bonds is 10. The SMILES string of the molecule is CNc1cc(N2CCc3c(-c4ncc([C@H](C)N5CC6(CCN(C(=O)c7cc(C)c(Cl)c(N8CCC(=O)NC8=O)c7)CC6(F)F)C5)cc4F)cccc32)nn2c(C(=O)N[C@@H]3CC[C@H]3OC)cnc12. The molecule has 5 aliphatic rings. The third-order valence-corrected chi connectivity index (χ3v) is 14.9. The van der Waals surface area contributed by atoms with Gasteiger partial charge in [0, 0.05) is 88.4 Å². The molecular weight excluding hydrogens is 891 g/mol. The van der Waals surface area contributed by atoms with Crippen molar-refractivity contribution in [2.75, 3.05) is 68.5 Å². The largest absolute Gasteiger partial charge is 0.385 e. The van der Waals surface area contributed by atoms with Gasteiger partial charge in [0.2, 0.25) is 5.91 Å². The number of fused-ring (bicyclic) bond motifs is 2. The van der Waals surface area contributed by atoms with E-state index in [1.165, 1.54) is 33.8 Å². The Morgan fingerprint density at radius 3 is 2.48 bits per heavy atom. The fourth-order valence-corrected chi connectivity index (χ4v) is 10.4. The maximum Gasteiger partial charge on any atom is 0.328 e. The van der Waals surface area contributed by atoms with E-state index in [0.717, 1.165) is 29.0 Å². The Hall–Kier alpha value is -6.31. The minimum absolute atomic E-state index is 0.0347. The number of ether oxygens (including phenoxy) is 1. The molecule has 20 heteroatoms. The van der Waals surface area contributed by atoms with E-state index < -0.39 is 47.6 Å². The number of aryl methyl sites for hydroxylation is 1. The summed E-state index contributed by atoms with van der Waals surface area (Å²) in [5.74, 6) is -4.52. The lowest BCUT2D eigenvalue weighted by atomic mass is 9.68. The van der Waals surface area contributed by atoms with Gasteiger partial charge in [-0.3, -0.25) is 34.5 Å². The van der Waals surface area contributed by atoms with Crippen molar-refractivity contribution in [3.8, 4) is 11.3 Å². The van der Waals surface area contributed by atoms with Gasteiger partial charge in [-0.25, -0.2) is 27.5 Å². The van der Waals surface area contributed by atoms with E-state index in [4.69, 9.17) is 21.4 Å². The summed E-state index contributed by atoms with van der Waals surface area (Å²) in [4.78, 5) is 66.9. The number of pyridine rings is 1. The number of alkyl halides is 2. The van der Waals surface area contributed by atoms with Crippen LogP contribution in [0.2, 0.25) is 5.02 Å². The topological polar surface area (TPSA) is 170 Å². The van der Waals surface area contributed by atoms with Crippen LogP contribution in [-0.4, -0.2) is 125 Å². The molecule has 3 aromatic heterocycles. The van der Waals surface area contributed by atoms with Crippen LogP contribution in [0.3, 0.4) is 0 Å². The molecule has 1 spiro atoms. The van der Waals surface area contributed by atoms with Crippen LogP contribution in [0.5, 0.6) is 0 Å². The van der Waals surface area contributed by atoms with E-state index in [2.05, 4.69) is 25.9 Å². The molecule has 1 aliphatic carbocycles. The second-order valence-electron chi connectivity index (χ2n) is 18.2. The first-order chi connectivity index (χ1) is 32.1. The number of carbonyl (C=O) groups excluding carboxylic acids is 4. The Bertz CT molecular complexity index is 2870. The molecule has 3 N–H and O–H groups in total. The number of amides is 5. The summed E-state index contributed by atoms with van der Waals surface area (Å²) >= 11 is 6.52. The number of benzene rings is 2. The number of halogens is 4. The molecule has 0 unspecified atom stereocenters. The number of nitrogens with one attached hydrogen (secondary N) is 3. The molecule has 4 aliphatic heterocycles. The molecule has 350 valence electrons. The fraction of sp³-hybridized carbons (Fsp3) is 0.426. The molecule has 5 aromatic rings. The first-order valence-corrected chi connectivity index (χ1v) is 22.8. The van der Waals surface area contributed by atoms with Crippen molar-refractivity contribution in [1.82, 2.24) is 40.0 Å². The second-order valence-corrected chi connectivity index (χ2v) is 18.6. The Morgan fingerprint density at radius 1 is 0.985 bits per heavy atom. The summed E-state index contributed by atoms with van der Waals surface area (Å²) < 4.78 is 55.7. The molecule has 5 amide bonds. The van der Waals surface area contributed by atoms with Crippen molar-refractivity contribution in [3.63, 3.8) is 0 Å². The molecule has 16 nitrogen and oxygen atoms in total. The van der Waals surface area contributed by atoms with Crippen LogP contribution in [-0.2, 0) is 16.0 Å². The first kappa shape index (κ1) is 44.5. The molecule has 1 saturated carbocycles. The molecule has 0 bridgehead atoms. The molecule has 3 atom stereocenters. The number of urea groups is 1. The normalized spacial score (nSPS) is 21.5. The van der Waals surface area contributed by atoms with E-state index in [1.54, 1.807) is 27.3 Å². The van der Waals surface area contributed by atoms with E-state index in [-0.39, 0.29) is 84.7 Å². The molecule has 7 heterocycles. The minimum Gasteiger partial charge on any atom is -0.385 e. The summed E-state index contributed by atoms with van der Waals surface area (Å²) in [6.07, 6.45) is 5.46. The van der Waals surface area contributed by atoms with Crippen molar-refractivity contribution < 1.29 is 37.1 Å². The molecule has 67 heavy (non-hydrogen) atoms. The average Bonchev–Trinajstić information content (AvgIpc) is 3.92. The van der Waals surface area contributed by atoms with Gasteiger partial charge in [-0.15, -0.1) is 5.10 Å². The smallest absolute Gasteiger partial charge is 0.328 e. The number of methoxy groups -OCH3 is 1. The highest BCUT2D eigenvalue weighted by atomic mass is 35.5. The second kappa shape index (κ2) is 16.8. The van der Waals surface area contributed by atoms with Gasteiger partial charge >= 0.3 is 6.03 Å². The van der Waals surface area contributed by atoms with Crippen LogP contribution in [0.1, 0.15) is 76.2 Å². The Morgan fingerprint density at radius 2 is 1.78 bits per heavy atom. The van der Waals surface area contributed by atoms with Crippen molar-refractivity contribution in [3.05, 3.63) is 93.6 Å². The highest BCUT2D eigenvalue weighted by Gasteiger charge is 2.63. The lowest BCUT2D eigenvalue weighted by Crippen LogP contribution is -2.70. The van der Waals surface area contributed by atoms with Crippen LogP contribution in [0, 0.1) is 18.2 Å². The molecule has 2 aromatic carbocycles. The standard InChI is InChI=1S/C47H49ClF3N11O5/c1-25-16-27(18-35(40(25)48)61-14-11-39(63)56-45(61)66)44(65)58-15-12-46(47(50,51)24-58)22-59(23-46)26(2)28-17-31(49)41(53-20-28)30-6-5-7-34-29(30)10-13-60(34)38-19-33(52-3)42-54-21-36(62(42)57-38)43(64)55-32-8-9-37(32)67-4/h5-7,16-21,26,32,37,52H,8-15,22-24H2,1-4H3,(H,55,64)(H,56,63,66)/t26-,32+,37+/m0/s1. The van der Waals surface area contributed by atoms with E-state index in [0.29, 0.717) is 46.8 Å². The summed E-state index contributed by atoms with van der Waals surface area (Å²) in [5.41, 5.74) is 3.97. The van der Waals surface area contributed by atoms with Gasteiger partial charge in [0.15, 0.2) is 17.2 Å². The number of likely N-dealkylation sites (tertiary alicyclic amines) is 2. The van der Waals surface area contributed by atoms with Gasteiger partial charge in [-0.05, 0) is 80.5 Å². The van der Waals surface area contributed by atoms with Crippen LogP contribution in [0.4, 0.5) is 40.8 Å². The van der Waals surface area contributed by atoms with Gasteiger partial charge in [-0.2, -0.15) is 0 Å². The fourth-order valence-electron chi connectivity index (χ4n) is 10.2. The predicted octanol–water partition coefficient (Wildman–Crippen LogP) is 6.53. The van der Waals surface area contributed by atoms with E-state index >= 15 is 13.2 Å².